The molecule has 77 heavy (non-hydrogen) atoms. The number of benzene rings is 3. The number of aromatic nitrogens is 3. The highest BCUT2D eigenvalue weighted by Crippen LogP contribution is 2.52. The minimum atomic E-state index is -0.956. The van der Waals surface area contributed by atoms with E-state index >= 15 is 4.39 Å². The fourth-order valence-electron chi connectivity index (χ4n) is 11.3. The summed E-state index contributed by atoms with van der Waals surface area (Å²) in [5.41, 5.74) is 13.9. The number of nitrogens with zero attached hydrogens (tertiary/aromatic N) is 7. The lowest BCUT2D eigenvalue weighted by molar-refractivity contribution is -0.136. The molecule has 5 atom stereocenters. The number of imide groups is 2. The minimum absolute atomic E-state index is 0.00857. The Kier molecular flexibility index (Phi) is 15.1. The first-order valence-corrected chi connectivity index (χ1v) is 26.6. The minimum Gasteiger partial charge on any atom is -0.488 e. The third kappa shape index (κ3) is 9.77. The van der Waals surface area contributed by atoms with E-state index in [0.29, 0.717) is 30.0 Å². The Morgan fingerprint density at radius 1 is 1.04 bits per heavy atom. The molecule has 3 aromatic carbocycles. The van der Waals surface area contributed by atoms with Gasteiger partial charge >= 0.3 is 6.01 Å². The van der Waals surface area contributed by atoms with Crippen LogP contribution in [0.5, 0.6) is 11.8 Å². The summed E-state index contributed by atoms with van der Waals surface area (Å²) in [6.07, 6.45) is 15.0. The zero-order chi connectivity index (χ0) is 54.2. The average Bonchev–Trinajstić information content (AvgIpc) is 4.18. The van der Waals surface area contributed by atoms with Crippen molar-refractivity contribution in [2.45, 2.75) is 82.5 Å². The van der Waals surface area contributed by atoms with Gasteiger partial charge in [-0.1, -0.05) is 35.7 Å². The van der Waals surface area contributed by atoms with Crippen molar-refractivity contribution < 1.29 is 42.2 Å². The molecule has 11 rings (SSSR count). The first-order chi connectivity index (χ1) is 37.2. The number of rotatable bonds is 14. The highest BCUT2D eigenvalue weighted by Gasteiger charge is 2.46. The van der Waals surface area contributed by atoms with Gasteiger partial charge in [-0.2, -0.15) is 15.2 Å². The van der Waals surface area contributed by atoms with Gasteiger partial charge < -0.3 is 40.8 Å². The van der Waals surface area contributed by atoms with Crippen LogP contribution in [0.2, 0.25) is 5.02 Å². The molecular weight excluding hydrogens is 1030 g/mol. The van der Waals surface area contributed by atoms with Crippen LogP contribution in [0.1, 0.15) is 96.2 Å². The van der Waals surface area contributed by atoms with Crippen LogP contribution in [0.25, 0.3) is 32.1 Å². The molecule has 5 aliphatic heterocycles. The van der Waals surface area contributed by atoms with Gasteiger partial charge in [-0.15, -0.1) is 17.8 Å². The maximum absolute atomic E-state index is 16.8. The number of nitriles is 1. The number of fused-ring (bicyclic) bond motifs is 3. The first-order valence-electron chi connectivity index (χ1n) is 25.4. The molecule has 0 bridgehead atoms. The van der Waals surface area contributed by atoms with Crippen LogP contribution in [0, 0.1) is 41.2 Å². The van der Waals surface area contributed by atoms with Crippen molar-refractivity contribution in [1.29, 1.82) is 5.26 Å². The van der Waals surface area contributed by atoms with E-state index < -0.39 is 47.5 Å². The number of piperidine rings is 1. The molecule has 5 aliphatic rings. The van der Waals surface area contributed by atoms with Crippen molar-refractivity contribution in [2.24, 2.45) is 5.92 Å². The summed E-state index contributed by atoms with van der Waals surface area (Å²) in [5.74, 6) is 0.655. The SMILES string of the molecule is C#CC1COc2c(Cl)c(-c3ccc(F)c4sc(N)c(C#N)c34)c(F)c3nc(OC)nc(c23)N1C(C)c1cccnc1N.O=C1CCC(N2C(=O)c3cccc(NCCCOCCCC4CC5CCCN5C4)c3C2=O)C(=O)N1. The van der Waals surface area contributed by atoms with Crippen LogP contribution in [-0.4, -0.2) is 113 Å². The Bertz CT molecular complexity index is 3450. The van der Waals surface area contributed by atoms with E-state index in [2.05, 4.69) is 36.4 Å². The van der Waals surface area contributed by atoms with Gasteiger partial charge in [-0.3, -0.25) is 29.4 Å². The number of halogens is 3. The molecule has 5 unspecified atom stereocenters. The van der Waals surface area contributed by atoms with E-state index in [1.54, 1.807) is 41.4 Å². The number of pyridine rings is 1. The second-order valence-electron chi connectivity index (χ2n) is 19.5. The largest absolute Gasteiger partial charge is 0.488 e. The van der Waals surface area contributed by atoms with Crippen molar-refractivity contribution in [3.8, 4) is 41.3 Å². The lowest BCUT2D eigenvalue weighted by Crippen LogP contribution is -2.54. The molecular formula is C55H54ClF2N11O7S. The van der Waals surface area contributed by atoms with Gasteiger partial charge in [-0.05, 0) is 94.2 Å². The Hall–Kier alpha value is -7.69. The number of terminal acetylenes is 1. The normalized spacial score (nSPS) is 20.2. The van der Waals surface area contributed by atoms with Crippen LogP contribution >= 0.6 is 22.9 Å². The number of ether oxygens (including phenoxy) is 3. The molecule has 6 aromatic rings. The average molecular weight is 1090 g/mol. The number of nitrogens with one attached hydrogen (secondary N) is 2. The van der Waals surface area contributed by atoms with Gasteiger partial charge in [0.05, 0.1) is 45.0 Å². The van der Waals surface area contributed by atoms with E-state index in [0.717, 1.165) is 53.7 Å². The zero-order valence-electron chi connectivity index (χ0n) is 42.2. The molecule has 3 aromatic heterocycles. The predicted molar refractivity (Wildman–Crippen MR) is 288 cm³/mol. The molecule has 0 radical (unpaired) electrons. The summed E-state index contributed by atoms with van der Waals surface area (Å²) >= 11 is 7.81. The monoisotopic (exact) mass is 1090 g/mol. The Balaban J connectivity index is 0.000000178. The summed E-state index contributed by atoms with van der Waals surface area (Å²) in [7, 11) is 1.35. The van der Waals surface area contributed by atoms with Crippen LogP contribution in [0.4, 0.5) is 31.1 Å². The molecule has 4 amide bonds. The van der Waals surface area contributed by atoms with E-state index in [4.69, 9.17) is 43.7 Å². The Morgan fingerprint density at radius 3 is 2.61 bits per heavy atom. The third-order valence-electron chi connectivity index (χ3n) is 15.0. The van der Waals surface area contributed by atoms with Crippen LogP contribution in [0.15, 0.2) is 48.7 Å². The number of carbonyl (C=O) groups is 4. The van der Waals surface area contributed by atoms with Crippen molar-refractivity contribution >= 4 is 89.9 Å². The molecule has 398 valence electrons. The Morgan fingerprint density at radius 2 is 1.86 bits per heavy atom. The summed E-state index contributed by atoms with van der Waals surface area (Å²) in [5, 5.41) is 15.5. The highest BCUT2D eigenvalue weighted by molar-refractivity contribution is 7.23. The van der Waals surface area contributed by atoms with Gasteiger partial charge in [0.25, 0.3) is 11.8 Å². The maximum Gasteiger partial charge on any atom is 0.318 e. The topological polar surface area (TPSA) is 244 Å². The second-order valence-corrected chi connectivity index (χ2v) is 20.9. The number of hydrogen-bond donors (Lipinski definition) is 4. The lowest BCUT2D eigenvalue weighted by Gasteiger charge is -2.34. The fraction of sp³-hybridized carbons (Fsp3) is 0.382. The van der Waals surface area contributed by atoms with E-state index in [1.165, 1.54) is 51.9 Å². The first kappa shape index (κ1) is 52.7. The molecule has 0 saturated carbocycles. The third-order valence-corrected chi connectivity index (χ3v) is 16.4. The standard InChI is InChI=1S/C29H20ClF2N7O2S.C26H34N4O5/c1-4-13-11-41-24-20-23(37-29(40-3)38-28(20)39(13)12(2)14-6-5-9-36-26(14)34)22(32)19(21(24)30)15-7-8-17(31)25-18(15)16(10-33)27(35)42-25;31-22-10-9-21(24(32)28-22)30-25(33)19-7-1-8-20(23(19)26(30)34)27-11-4-14-35-13-3-5-17-15-18-6-2-12-29(18)16-17/h1,5-9,12-13H,11,35H2,2-3H3,(H2,34,36);1,7-8,17-18,21,27H,2-6,9-16H2,(H,28,31,32). The van der Waals surface area contributed by atoms with Crippen molar-refractivity contribution in [3.05, 3.63) is 87.6 Å². The van der Waals surface area contributed by atoms with Crippen molar-refractivity contribution in [2.75, 3.05) is 68.2 Å². The van der Waals surface area contributed by atoms with Gasteiger partial charge in [0.1, 0.15) is 52.7 Å². The fourth-order valence-corrected chi connectivity index (χ4v) is 12.6. The summed E-state index contributed by atoms with van der Waals surface area (Å²) in [6.45, 7) is 6.35. The van der Waals surface area contributed by atoms with Crippen molar-refractivity contribution in [1.82, 2.24) is 30.1 Å². The lowest BCUT2D eigenvalue weighted by atomic mass is 9.96. The smallest absolute Gasteiger partial charge is 0.318 e. The molecule has 3 saturated heterocycles. The number of anilines is 4. The summed E-state index contributed by atoms with van der Waals surface area (Å²) < 4.78 is 49.0. The molecule has 8 heterocycles. The maximum atomic E-state index is 16.8. The number of thiophene rings is 1. The second kappa shape index (κ2) is 22.1. The number of amides is 4. The quantitative estimate of drug-likeness (QED) is 0.0458. The van der Waals surface area contributed by atoms with Gasteiger partial charge in [0.15, 0.2) is 11.6 Å². The number of methoxy groups -OCH3 is 1. The molecule has 18 nitrogen and oxygen atoms in total. The molecule has 0 spiro atoms. The molecule has 0 aliphatic carbocycles. The van der Waals surface area contributed by atoms with Gasteiger partial charge in [0.2, 0.25) is 11.8 Å². The number of nitrogen functional groups attached to an aromatic ring is 2. The van der Waals surface area contributed by atoms with E-state index in [-0.39, 0.29) is 102 Å². The molecule has 3 fully saturated rings. The highest BCUT2D eigenvalue weighted by atomic mass is 35.5. The van der Waals surface area contributed by atoms with E-state index in [1.807, 2.05) is 13.0 Å². The summed E-state index contributed by atoms with van der Waals surface area (Å²) in [6, 6.07) is 11.7. The van der Waals surface area contributed by atoms with Gasteiger partial charge in [-0.25, -0.2) is 13.8 Å². The zero-order valence-corrected chi connectivity index (χ0v) is 43.7. The predicted octanol–water partition coefficient (Wildman–Crippen LogP) is 8.02. The molecule has 22 heteroatoms. The van der Waals surface area contributed by atoms with Crippen LogP contribution < -0.4 is 36.5 Å². The number of nitrogens with two attached hydrogens (primary N) is 2. The van der Waals surface area contributed by atoms with Crippen LogP contribution in [0.3, 0.4) is 0 Å². The van der Waals surface area contributed by atoms with Gasteiger partial charge in [0, 0.05) is 67.2 Å². The number of hydrogen-bond acceptors (Lipinski definition) is 17. The van der Waals surface area contributed by atoms with Crippen molar-refractivity contribution in [3.63, 3.8) is 0 Å². The number of carbonyl (C=O) groups excluding carboxylic acids is 4. The van der Waals surface area contributed by atoms with Crippen LogP contribution in [-0.2, 0) is 14.3 Å². The molecule has 6 N–H and O–H groups in total. The Labute approximate surface area is 451 Å². The van der Waals surface area contributed by atoms with E-state index in [9.17, 15) is 28.8 Å². The summed E-state index contributed by atoms with van der Waals surface area (Å²) in [4.78, 5) is 68.2.